The second kappa shape index (κ2) is 6.17. The van der Waals surface area contributed by atoms with Crippen molar-refractivity contribution in [3.8, 4) is 39.7 Å². The molecular formula is C21H16N2O2. The molecule has 2 N–H and O–H groups in total. The van der Waals surface area contributed by atoms with Crippen molar-refractivity contribution >= 4 is 0 Å². The SMILES string of the molecule is Oc1ccc(-c2cc(-c3ccccc3O)nn2-c2ccccc2)cc1. The molecule has 122 valence electrons. The third-order valence-electron chi connectivity index (χ3n) is 4.05. The third kappa shape index (κ3) is 2.85. The Hall–Kier alpha value is -3.53. The molecule has 4 rings (SSSR count). The lowest BCUT2D eigenvalue weighted by atomic mass is 10.1. The van der Waals surface area contributed by atoms with Crippen LogP contribution in [0.4, 0.5) is 0 Å². The second-order valence-electron chi connectivity index (χ2n) is 5.73. The van der Waals surface area contributed by atoms with Crippen molar-refractivity contribution in [1.82, 2.24) is 9.78 Å². The smallest absolute Gasteiger partial charge is 0.125 e. The summed E-state index contributed by atoms with van der Waals surface area (Å²) in [5.41, 5.74) is 4.09. The average molecular weight is 328 g/mol. The van der Waals surface area contributed by atoms with E-state index in [0.717, 1.165) is 16.9 Å². The summed E-state index contributed by atoms with van der Waals surface area (Å²) < 4.78 is 1.84. The highest BCUT2D eigenvalue weighted by molar-refractivity contribution is 5.73. The molecule has 25 heavy (non-hydrogen) atoms. The van der Waals surface area contributed by atoms with Gasteiger partial charge in [0.2, 0.25) is 0 Å². The maximum Gasteiger partial charge on any atom is 0.125 e. The van der Waals surface area contributed by atoms with Crippen LogP contribution < -0.4 is 0 Å². The van der Waals surface area contributed by atoms with Gasteiger partial charge in [0.25, 0.3) is 0 Å². The van der Waals surface area contributed by atoms with E-state index in [4.69, 9.17) is 5.10 Å². The Bertz CT molecular complexity index is 1010. The molecule has 0 saturated carbocycles. The molecule has 0 fully saturated rings. The summed E-state index contributed by atoms with van der Waals surface area (Å²) in [6.45, 7) is 0. The van der Waals surface area contributed by atoms with Crippen LogP contribution in [0.15, 0.2) is 84.9 Å². The molecule has 1 aromatic heterocycles. The van der Waals surface area contributed by atoms with Gasteiger partial charge in [-0.05, 0) is 54.6 Å². The summed E-state index contributed by atoms with van der Waals surface area (Å²) in [5, 5.41) is 24.4. The molecular weight excluding hydrogens is 312 g/mol. The van der Waals surface area contributed by atoms with Crippen molar-refractivity contribution < 1.29 is 10.2 Å². The van der Waals surface area contributed by atoms with Crippen LogP contribution in [0, 0.1) is 0 Å². The van der Waals surface area contributed by atoms with Gasteiger partial charge in [-0.25, -0.2) is 4.68 Å². The highest BCUT2D eigenvalue weighted by atomic mass is 16.3. The highest BCUT2D eigenvalue weighted by Crippen LogP contribution is 2.33. The van der Waals surface area contributed by atoms with E-state index < -0.39 is 0 Å². The first-order valence-corrected chi connectivity index (χ1v) is 7.95. The predicted molar refractivity (Wildman–Crippen MR) is 97.8 cm³/mol. The first-order chi connectivity index (χ1) is 12.2. The molecule has 4 aromatic rings. The van der Waals surface area contributed by atoms with E-state index in [1.165, 1.54) is 0 Å². The minimum atomic E-state index is 0.192. The second-order valence-corrected chi connectivity index (χ2v) is 5.73. The minimum absolute atomic E-state index is 0.192. The number of aromatic hydroxyl groups is 2. The molecule has 0 spiro atoms. The Kier molecular flexibility index (Phi) is 3.71. The lowest BCUT2D eigenvalue weighted by Gasteiger charge is -2.07. The van der Waals surface area contributed by atoms with E-state index in [9.17, 15) is 10.2 Å². The summed E-state index contributed by atoms with van der Waals surface area (Å²) in [5.74, 6) is 0.410. The molecule has 4 heteroatoms. The largest absolute Gasteiger partial charge is 0.508 e. The Morgan fingerprint density at radius 3 is 2.12 bits per heavy atom. The standard InChI is InChI=1S/C21H16N2O2/c24-17-12-10-15(11-13-17)20-14-19(18-8-4-5-9-21(18)25)22-23(20)16-6-2-1-3-7-16/h1-14,24-25H. The summed E-state index contributed by atoms with van der Waals surface area (Å²) in [7, 11) is 0. The number of nitrogens with zero attached hydrogens (tertiary/aromatic N) is 2. The zero-order valence-electron chi connectivity index (χ0n) is 13.4. The zero-order chi connectivity index (χ0) is 17.2. The molecule has 1 heterocycles. The number of phenols is 2. The summed E-state index contributed by atoms with van der Waals surface area (Å²) in [6, 6.07) is 25.9. The van der Waals surface area contributed by atoms with Gasteiger partial charge < -0.3 is 10.2 Å². The van der Waals surface area contributed by atoms with Crippen molar-refractivity contribution in [2.24, 2.45) is 0 Å². The van der Waals surface area contributed by atoms with Crippen molar-refractivity contribution in [3.63, 3.8) is 0 Å². The van der Waals surface area contributed by atoms with Crippen LogP contribution in [0.3, 0.4) is 0 Å². The Morgan fingerprint density at radius 2 is 1.40 bits per heavy atom. The topological polar surface area (TPSA) is 58.3 Å². The van der Waals surface area contributed by atoms with Gasteiger partial charge in [-0.1, -0.05) is 30.3 Å². The lowest BCUT2D eigenvalue weighted by molar-refractivity contribution is 0.475. The van der Waals surface area contributed by atoms with E-state index in [-0.39, 0.29) is 11.5 Å². The van der Waals surface area contributed by atoms with Crippen LogP contribution in [-0.2, 0) is 0 Å². The maximum atomic E-state index is 10.2. The monoisotopic (exact) mass is 328 g/mol. The first kappa shape index (κ1) is 15.0. The van der Waals surface area contributed by atoms with Crippen molar-refractivity contribution in [3.05, 3.63) is 84.9 Å². The van der Waals surface area contributed by atoms with Crippen molar-refractivity contribution in [2.45, 2.75) is 0 Å². The molecule has 0 radical (unpaired) electrons. The van der Waals surface area contributed by atoms with E-state index in [0.29, 0.717) is 11.3 Å². The van der Waals surface area contributed by atoms with Gasteiger partial charge in [0, 0.05) is 11.1 Å². The summed E-state index contributed by atoms with van der Waals surface area (Å²) in [4.78, 5) is 0. The van der Waals surface area contributed by atoms with Gasteiger partial charge in [0.1, 0.15) is 11.5 Å². The normalized spacial score (nSPS) is 10.7. The fraction of sp³-hybridized carbons (Fsp3) is 0. The number of hydrogen-bond acceptors (Lipinski definition) is 3. The summed E-state index contributed by atoms with van der Waals surface area (Å²) >= 11 is 0. The van der Waals surface area contributed by atoms with E-state index in [2.05, 4.69) is 0 Å². The van der Waals surface area contributed by atoms with Crippen LogP contribution in [0.25, 0.3) is 28.2 Å². The Labute approximate surface area is 145 Å². The van der Waals surface area contributed by atoms with Crippen LogP contribution in [-0.4, -0.2) is 20.0 Å². The van der Waals surface area contributed by atoms with Crippen molar-refractivity contribution in [2.75, 3.05) is 0 Å². The van der Waals surface area contributed by atoms with Gasteiger partial charge in [-0.3, -0.25) is 0 Å². The molecule has 4 nitrogen and oxygen atoms in total. The zero-order valence-corrected chi connectivity index (χ0v) is 13.4. The Morgan fingerprint density at radius 1 is 0.720 bits per heavy atom. The first-order valence-electron chi connectivity index (χ1n) is 7.95. The van der Waals surface area contributed by atoms with Crippen LogP contribution in [0.1, 0.15) is 0 Å². The van der Waals surface area contributed by atoms with Crippen LogP contribution >= 0.6 is 0 Å². The molecule has 0 atom stereocenters. The number of hydrogen-bond donors (Lipinski definition) is 2. The number of rotatable bonds is 3. The summed E-state index contributed by atoms with van der Waals surface area (Å²) in [6.07, 6.45) is 0. The van der Waals surface area contributed by atoms with Gasteiger partial charge >= 0.3 is 0 Å². The van der Waals surface area contributed by atoms with Gasteiger partial charge in [0.15, 0.2) is 0 Å². The van der Waals surface area contributed by atoms with Gasteiger partial charge in [-0.2, -0.15) is 5.10 Å². The molecule has 0 bridgehead atoms. The van der Waals surface area contributed by atoms with E-state index in [1.54, 1.807) is 24.3 Å². The van der Waals surface area contributed by atoms with E-state index in [1.807, 2.05) is 65.3 Å². The molecule has 0 aliphatic carbocycles. The Balaban J connectivity index is 1.92. The predicted octanol–water partition coefficient (Wildman–Crippen LogP) is 4.62. The molecule has 0 aliphatic rings. The van der Waals surface area contributed by atoms with E-state index >= 15 is 0 Å². The van der Waals surface area contributed by atoms with Gasteiger partial charge in [-0.15, -0.1) is 0 Å². The average Bonchev–Trinajstić information content (AvgIpc) is 3.08. The number of benzene rings is 3. The molecule has 0 unspecified atom stereocenters. The number of phenolic OH excluding ortho intramolecular Hbond substituents is 2. The highest BCUT2D eigenvalue weighted by Gasteiger charge is 2.15. The molecule has 0 aliphatic heterocycles. The van der Waals surface area contributed by atoms with Crippen molar-refractivity contribution in [1.29, 1.82) is 0 Å². The van der Waals surface area contributed by atoms with Gasteiger partial charge in [0.05, 0.1) is 17.1 Å². The number of aromatic nitrogens is 2. The lowest BCUT2D eigenvalue weighted by Crippen LogP contribution is -1.98. The number of para-hydroxylation sites is 2. The van der Waals surface area contributed by atoms with Crippen LogP contribution in [0.2, 0.25) is 0 Å². The van der Waals surface area contributed by atoms with Crippen LogP contribution in [0.5, 0.6) is 11.5 Å². The fourth-order valence-corrected chi connectivity index (χ4v) is 2.81. The minimum Gasteiger partial charge on any atom is -0.508 e. The maximum absolute atomic E-state index is 10.2. The molecule has 3 aromatic carbocycles. The third-order valence-corrected chi connectivity index (χ3v) is 4.05. The fourth-order valence-electron chi connectivity index (χ4n) is 2.81. The molecule has 0 amide bonds. The molecule has 0 saturated heterocycles. The quantitative estimate of drug-likeness (QED) is 0.577.